The fourth-order valence-electron chi connectivity index (χ4n) is 8.31. The van der Waals surface area contributed by atoms with Crippen molar-refractivity contribution in [1.82, 2.24) is 4.48 Å². The molecule has 0 saturated carbocycles. The number of nitrogens with zero attached hydrogens (tertiary/aromatic N) is 1. The number of carbonyl (C=O) groups is 3. The van der Waals surface area contributed by atoms with Crippen LogP contribution in [-0.4, -0.2) is 100 Å². The standard InChI is InChI=1S/C43H60N2O12.BrH/c1-13-45(14-2,15-3)33-32-37(50)30-29(38(33)51)31-40(26(9)36(30)49)57-43(11,41(31)52)55-20-19-28(54-12)23(6)39(56-27(10)46)25(8)35(48)24(7)34(47)21(4)17-16-18-22(5)42(53)44-32;/h16-21,23-25,28,34-35,39,47-48H,13-15H2,1-12H3,(H3-,44,49,50,51,52,53);1H/b17-16+,20-19+,22-18-;. The van der Waals surface area contributed by atoms with E-state index in [4.69, 9.17) is 18.9 Å². The monoisotopic (exact) mass is 876 g/mol. The molecule has 9 unspecified atom stereocenters. The Morgan fingerprint density at radius 1 is 0.897 bits per heavy atom. The number of phenolic OH excluding ortho intramolecular Hbond substituents is 3. The van der Waals surface area contributed by atoms with E-state index >= 15 is 0 Å². The summed E-state index contributed by atoms with van der Waals surface area (Å²) in [5, 5.41) is 61.3. The normalized spacial score (nSPS) is 30.4. The van der Waals surface area contributed by atoms with Crippen LogP contribution >= 0.6 is 0 Å². The molecule has 5 rings (SSSR count). The zero-order valence-electron chi connectivity index (χ0n) is 35.5. The number of quaternary nitrogens is 1. The lowest BCUT2D eigenvalue weighted by molar-refractivity contribution is -0.160. The SMILES string of the molecule is CC[N+](CC)(CC)c1c2c(O)c3c(O)c(C)c4c(c3c1O)C(=O)C(C)(O/C=C/C(OC)C(C)C(OC(C)=O)C(C)C(O)C(C)C(O)C(C)/C=C/C=C(/C)C(=O)N2)O4.[Br-]. The highest BCUT2D eigenvalue weighted by Gasteiger charge is 2.51. The third-order valence-corrected chi connectivity index (χ3v) is 12.3. The molecule has 14 nitrogen and oxygen atoms in total. The average Bonchev–Trinajstić information content (AvgIpc) is 3.44. The summed E-state index contributed by atoms with van der Waals surface area (Å²) in [6.45, 7) is 19.6. The fraction of sp³-hybridized carbons (Fsp3) is 0.558. The molecule has 2 aromatic carbocycles. The average molecular weight is 878 g/mol. The lowest BCUT2D eigenvalue weighted by Gasteiger charge is -2.38. The van der Waals surface area contributed by atoms with E-state index in [1.165, 1.54) is 46.3 Å². The molecule has 9 atom stereocenters. The topological polar surface area (TPSA) is 201 Å². The number of ketones is 1. The minimum absolute atomic E-state index is 0. The number of nitrogens with one attached hydrogen (secondary N) is 1. The number of hydrogen-bond acceptors (Lipinski definition) is 12. The summed E-state index contributed by atoms with van der Waals surface area (Å²) >= 11 is 0. The Hall–Kier alpha value is -4.15. The second-order valence-electron chi connectivity index (χ2n) is 15.6. The maximum atomic E-state index is 14.5. The van der Waals surface area contributed by atoms with Crippen molar-refractivity contribution >= 4 is 39.8 Å². The Bertz CT molecular complexity index is 1970. The quantitative estimate of drug-likeness (QED) is 0.107. The van der Waals surface area contributed by atoms with Crippen molar-refractivity contribution in [3.63, 3.8) is 0 Å². The lowest BCUT2D eigenvalue weighted by Crippen LogP contribution is -3.00. The van der Waals surface area contributed by atoms with Crippen LogP contribution in [0.1, 0.15) is 85.2 Å². The maximum absolute atomic E-state index is 14.5. The molecule has 0 aromatic heterocycles. The second kappa shape index (κ2) is 18.8. The van der Waals surface area contributed by atoms with Crippen molar-refractivity contribution in [2.24, 2.45) is 23.7 Å². The highest BCUT2D eigenvalue weighted by atomic mass is 79.9. The van der Waals surface area contributed by atoms with Gasteiger partial charge in [0, 0.05) is 55.8 Å². The zero-order chi connectivity index (χ0) is 42.9. The largest absolute Gasteiger partial charge is 1.00 e. The number of aromatic hydroxyl groups is 3. The van der Waals surface area contributed by atoms with Crippen LogP contribution in [0.15, 0.2) is 36.1 Å². The van der Waals surface area contributed by atoms with E-state index in [1.54, 1.807) is 46.8 Å². The van der Waals surface area contributed by atoms with Crippen LogP contribution in [0.3, 0.4) is 0 Å². The van der Waals surface area contributed by atoms with Crippen LogP contribution in [0.5, 0.6) is 23.0 Å². The number of aliphatic hydroxyl groups excluding tert-OH is 2. The number of anilines is 1. The van der Waals surface area contributed by atoms with Crippen LogP contribution in [0, 0.1) is 30.6 Å². The Morgan fingerprint density at radius 2 is 1.50 bits per heavy atom. The molecular formula is C43H61BrN2O12. The van der Waals surface area contributed by atoms with Crippen molar-refractivity contribution in [3.05, 3.63) is 47.3 Å². The van der Waals surface area contributed by atoms with Crippen LogP contribution in [-0.2, 0) is 23.8 Å². The van der Waals surface area contributed by atoms with Gasteiger partial charge in [-0.1, -0.05) is 45.9 Å². The van der Waals surface area contributed by atoms with E-state index in [-0.39, 0.29) is 66.1 Å². The fourth-order valence-corrected chi connectivity index (χ4v) is 8.31. The van der Waals surface area contributed by atoms with E-state index in [1.807, 2.05) is 20.8 Å². The molecule has 0 fully saturated rings. The first kappa shape index (κ1) is 48.2. The van der Waals surface area contributed by atoms with Crippen molar-refractivity contribution in [1.29, 1.82) is 0 Å². The van der Waals surface area contributed by atoms with E-state index in [2.05, 4.69) is 5.32 Å². The maximum Gasteiger partial charge on any atom is 0.312 e. The number of amides is 1. The van der Waals surface area contributed by atoms with Gasteiger partial charge in [0.2, 0.25) is 5.69 Å². The number of ether oxygens (including phenoxy) is 4. The van der Waals surface area contributed by atoms with Gasteiger partial charge in [-0.25, -0.2) is 0 Å². The van der Waals surface area contributed by atoms with Gasteiger partial charge in [-0.3, -0.25) is 18.9 Å². The predicted octanol–water partition coefficient (Wildman–Crippen LogP) is 3.13. The van der Waals surface area contributed by atoms with Gasteiger partial charge >= 0.3 is 11.8 Å². The number of esters is 1. The molecule has 15 heteroatoms. The van der Waals surface area contributed by atoms with Gasteiger partial charge in [-0.05, 0) is 40.7 Å². The van der Waals surface area contributed by atoms with Crippen LogP contribution in [0.2, 0.25) is 0 Å². The van der Waals surface area contributed by atoms with Crippen LogP contribution < -0.4 is 31.5 Å². The number of phenols is 3. The number of aliphatic hydroxyl groups is 2. The Morgan fingerprint density at radius 3 is 2.05 bits per heavy atom. The number of hydrogen-bond donors (Lipinski definition) is 6. The van der Waals surface area contributed by atoms with Crippen molar-refractivity contribution < 1.29 is 75.8 Å². The number of carbonyl (C=O) groups excluding carboxylic acids is 3. The first-order valence-electron chi connectivity index (χ1n) is 19.6. The van der Waals surface area contributed by atoms with E-state index in [9.17, 15) is 39.9 Å². The number of halogens is 1. The molecule has 1 amide bonds. The van der Waals surface area contributed by atoms with Gasteiger partial charge in [0.1, 0.15) is 17.6 Å². The van der Waals surface area contributed by atoms with Gasteiger partial charge in [0.05, 0.1) is 60.5 Å². The second-order valence-corrected chi connectivity index (χ2v) is 15.6. The van der Waals surface area contributed by atoms with Gasteiger partial charge in [-0.2, -0.15) is 0 Å². The smallest absolute Gasteiger partial charge is 0.312 e. The minimum Gasteiger partial charge on any atom is -1.00 e. The molecule has 58 heavy (non-hydrogen) atoms. The Labute approximate surface area is 351 Å². The molecule has 0 saturated heterocycles. The number of allylic oxidation sites excluding steroid dienone is 2. The molecule has 0 aliphatic carbocycles. The summed E-state index contributed by atoms with van der Waals surface area (Å²) in [5.41, 5.74) is 0.185. The van der Waals surface area contributed by atoms with Crippen LogP contribution in [0.4, 0.5) is 11.4 Å². The van der Waals surface area contributed by atoms with Crippen molar-refractivity contribution in [3.8, 4) is 23.0 Å². The van der Waals surface area contributed by atoms with Crippen molar-refractivity contribution in [2.75, 3.05) is 32.1 Å². The first-order chi connectivity index (χ1) is 26.7. The third-order valence-electron chi connectivity index (χ3n) is 12.3. The summed E-state index contributed by atoms with van der Waals surface area (Å²) in [5.74, 6) is -7.88. The molecule has 2 aromatic rings. The van der Waals surface area contributed by atoms with Gasteiger partial charge < -0.3 is 66.8 Å². The summed E-state index contributed by atoms with van der Waals surface area (Å²) in [6.07, 6.45) is 3.72. The highest BCUT2D eigenvalue weighted by Crippen LogP contribution is 2.58. The highest BCUT2D eigenvalue weighted by molar-refractivity contribution is 6.23. The summed E-state index contributed by atoms with van der Waals surface area (Å²) in [7, 11) is 1.45. The minimum atomic E-state index is -2.02. The van der Waals surface area contributed by atoms with E-state index in [0.29, 0.717) is 19.6 Å². The number of methoxy groups -OCH3 is 1. The number of benzene rings is 2. The van der Waals surface area contributed by atoms with E-state index < -0.39 is 88.8 Å². The molecule has 3 aliphatic rings. The lowest BCUT2D eigenvalue weighted by atomic mass is 9.78. The Balaban J connectivity index is 0.00000900. The molecule has 0 radical (unpaired) electrons. The molecule has 5 bridgehead atoms. The first-order valence-corrected chi connectivity index (χ1v) is 19.6. The van der Waals surface area contributed by atoms with Gasteiger partial charge in [-0.15, -0.1) is 0 Å². The molecular weight excluding hydrogens is 816 g/mol. The summed E-state index contributed by atoms with van der Waals surface area (Å²) < 4.78 is 23.8. The summed E-state index contributed by atoms with van der Waals surface area (Å²) in [4.78, 5) is 40.7. The van der Waals surface area contributed by atoms with Crippen molar-refractivity contribution in [2.45, 2.75) is 106 Å². The van der Waals surface area contributed by atoms with Crippen LogP contribution in [0.25, 0.3) is 10.8 Å². The third kappa shape index (κ3) is 8.60. The molecule has 3 aliphatic heterocycles. The number of rotatable bonds is 6. The predicted molar refractivity (Wildman–Crippen MR) is 217 cm³/mol. The van der Waals surface area contributed by atoms with Gasteiger partial charge in [0.25, 0.3) is 11.7 Å². The number of fused-ring (bicyclic) bond motifs is 14. The molecule has 6 N–H and O–H groups in total. The van der Waals surface area contributed by atoms with Gasteiger partial charge in [0.15, 0.2) is 17.2 Å². The zero-order valence-corrected chi connectivity index (χ0v) is 37.1. The molecule has 0 spiro atoms. The number of Topliss-reactive ketones (excluding diaryl/α,β-unsaturated/α-hetero) is 1. The molecule has 322 valence electrons. The Kier molecular flexibility index (Phi) is 15.7. The summed E-state index contributed by atoms with van der Waals surface area (Å²) in [6, 6.07) is 0. The van der Waals surface area contributed by atoms with E-state index in [0.717, 1.165) is 0 Å². The molecule has 3 heterocycles.